The van der Waals surface area contributed by atoms with Crippen LogP contribution in [0.4, 0.5) is 0 Å². The molecule has 0 fully saturated rings. The molecule has 3 heteroatoms. The molecule has 1 atom stereocenters. The lowest BCUT2D eigenvalue weighted by molar-refractivity contribution is 0.266. The summed E-state index contributed by atoms with van der Waals surface area (Å²) in [6.45, 7) is 1.21. The summed E-state index contributed by atoms with van der Waals surface area (Å²) >= 11 is 1.83. The summed E-state index contributed by atoms with van der Waals surface area (Å²) in [7, 11) is 0. The molecule has 0 saturated heterocycles. The average Bonchev–Trinajstić information content (AvgIpc) is 2.29. The lowest BCUT2D eigenvalue weighted by Gasteiger charge is -2.17. The van der Waals surface area contributed by atoms with Gasteiger partial charge in [-0.15, -0.1) is 0 Å². The normalized spacial score (nSPS) is 12.7. The van der Waals surface area contributed by atoms with Crippen LogP contribution in [0.1, 0.15) is 18.0 Å². The Morgan fingerprint density at radius 3 is 2.67 bits per heavy atom. The average molecular weight is 225 g/mol. The number of hydrogen-bond donors (Lipinski definition) is 2. The zero-order valence-corrected chi connectivity index (χ0v) is 9.96. The third-order valence-electron chi connectivity index (χ3n) is 2.32. The monoisotopic (exact) mass is 225 g/mol. The van der Waals surface area contributed by atoms with Crippen LogP contribution in [0.3, 0.4) is 0 Å². The van der Waals surface area contributed by atoms with Crippen LogP contribution in [0.15, 0.2) is 30.3 Å². The molecule has 0 aliphatic rings. The maximum absolute atomic E-state index is 9.01. The van der Waals surface area contributed by atoms with E-state index >= 15 is 0 Å². The van der Waals surface area contributed by atoms with Crippen molar-refractivity contribution in [2.75, 3.05) is 25.2 Å². The van der Waals surface area contributed by atoms with Gasteiger partial charge in [-0.05, 0) is 18.2 Å². The van der Waals surface area contributed by atoms with Crippen molar-refractivity contribution in [3.05, 3.63) is 35.9 Å². The quantitative estimate of drug-likeness (QED) is 0.697. The van der Waals surface area contributed by atoms with Crippen molar-refractivity contribution < 1.29 is 5.11 Å². The SMILES string of the molecule is CSCCNC(CCO)c1ccccc1. The van der Waals surface area contributed by atoms with Crippen molar-refractivity contribution >= 4 is 11.8 Å². The fourth-order valence-electron chi connectivity index (χ4n) is 1.54. The summed E-state index contributed by atoms with van der Waals surface area (Å²) in [5.74, 6) is 1.11. The maximum atomic E-state index is 9.01. The highest BCUT2D eigenvalue weighted by Gasteiger charge is 2.08. The van der Waals surface area contributed by atoms with E-state index in [0.717, 1.165) is 18.7 Å². The van der Waals surface area contributed by atoms with Crippen LogP contribution in [0, 0.1) is 0 Å². The van der Waals surface area contributed by atoms with Gasteiger partial charge in [0.15, 0.2) is 0 Å². The smallest absolute Gasteiger partial charge is 0.0449 e. The molecule has 0 saturated carbocycles. The van der Waals surface area contributed by atoms with Gasteiger partial charge in [0.05, 0.1) is 0 Å². The van der Waals surface area contributed by atoms with Crippen molar-refractivity contribution in [3.8, 4) is 0 Å². The van der Waals surface area contributed by atoms with Gasteiger partial charge in [-0.25, -0.2) is 0 Å². The van der Waals surface area contributed by atoms with Gasteiger partial charge >= 0.3 is 0 Å². The number of rotatable bonds is 7. The van der Waals surface area contributed by atoms with Gasteiger partial charge in [0.2, 0.25) is 0 Å². The third kappa shape index (κ3) is 4.69. The van der Waals surface area contributed by atoms with E-state index in [4.69, 9.17) is 5.11 Å². The Labute approximate surface area is 96.1 Å². The molecule has 0 aliphatic heterocycles. The molecule has 0 amide bonds. The molecule has 0 spiro atoms. The molecule has 0 heterocycles. The molecule has 0 radical (unpaired) electrons. The molecule has 1 aromatic rings. The fraction of sp³-hybridized carbons (Fsp3) is 0.500. The van der Waals surface area contributed by atoms with E-state index in [1.54, 1.807) is 0 Å². The molecule has 0 aromatic heterocycles. The van der Waals surface area contributed by atoms with E-state index in [1.165, 1.54) is 5.56 Å². The highest BCUT2D eigenvalue weighted by Crippen LogP contribution is 2.15. The first-order valence-electron chi connectivity index (χ1n) is 5.26. The summed E-state index contributed by atoms with van der Waals surface area (Å²) in [6.07, 6.45) is 2.88. The van der Waals surface area contributed by atoms with Gasteiger partial charge in [-0.2, -0.15) is 11.8 Å². The van der Waals surface area contributed by atoms with Gasteiger partial charge < -0.3 is 10.4 Å². The Kier molecular flexibility index (Phi) is 6.48. The summed E-state index contributed by atoms with van der Waals surface area (Å²) in [5, 5.41) is 12.5. The van der Waals surface area contributed by atoms with E-state index < -0.39 is 0 Å². The minimum Gasteiger partial charge on any atom is -0.396 e. The molecule has 0 aliphatic carbocycles. The molecule has 84 valence electrons. The summed E-state index contributed by atoms with van der Waals surface area (Å²) in [6, 6.07) is 10.6. The third-order valence-corrected chi connectivity index (χ3v) is 2.93. The summed E-state index contributed by atoms with van der Waals surface area (Å²) < 4.78 is 0. The number of aliphatic hydroxyl groups excluding tert-OH is 1. The van der Waals surface area contributed by atoms with Crippen LogP contribution in [0.2, 0.25) is 0 Å². The number of thioether (sulfide) groups is 1. The topological polar surface area (TPSA) is 32.3 Å². The van der Waals surface area contributed by atoms with Gasteiger partial charge in [0.25, 0.3) is 0 Å². The molecule has 1 aromatic carbocycles. The molecule has 0 bridgehead atoms. The van der Waals surface area contributed by atoms with Gasteiger partial charge in [0, 0.05) is 24.9 Å². The van der Waals surface area contributed by atoms with Crippen molar-refractivity contribution in [2.45, 2.75) is 12.5 Å². The molecular formula is C12H19NOS. The number of aliphatic hydroxyl groups is 1. The van der Waals surface area contributed by atoms with Crippen LogP contribution in [-0.2, 0) is 0 Å². The number of benzene rings is 1. The minimum atomic E-state index is 0.228. The first-order chi connectivity index (χ1) is 7.38. The first kappa shape index (κ1) is 12.6. The Bertz CT molecular complexity index is 253. The lowest BCUT2D eigenvalue weighted by atomic mass is 10.0. The van der Waals surface area contributed by atoms with Crippen molar-refractivity contribution in [1.29, 1.82) is 0 Å². The minimum absolute atomic E-state index is 0.228. The zero-order chi connectivity index (χ0) is 10.9. The van der Waals surface area contributed by atoms with Crippen LogP contribution < -0.4 is 5.32 Å². The molecule has 1 rings (SSSR count). The first-order valence-corrected chi connectivity index (χ1v) is 6.66. The number of nitrogens with one attached hydrogen (secondary N) is 1. The second-order valence-corrected chi connectivity index (χ2v) is 4.41. The van der Waals surface area contributed by atoms with E-state index in [2.05, 4.69) is 23.7 Å². The zero-order valence-electron chi connectivity index (χ0n) is 9.15. The number of hydrogen-bond acceptors (Lipinski definition) is 3. The fourth-order valence-corrected chi connectivity index (χ4v) is 1.86. The van der Waals surface area contributed by atoms with Gasteiger partial charge in [-0.3, -0.25) is 0 Å². The largest absolute Gasteiger partial charge is 0.396 e. The Morgan fingerprint density at radius 2 is 2.07 bits per heavy atom. The molecule has 2 N–H and O–H groups in total. The van der Waals surface area contributed by atoms with Crippen LogP contribution >= 0.6 is 11.8 Å². The Hall–Kier alpha value is -0.510. The van der Waals surface area contributed by atoms with E-state index in [0.29, 0.717) is 0 Å². The Morgan fingerprint density at radius 1 is 1.33 bits per heavy atom. The summed E-state index contributed by atoms with van der Waals surface area (Å²) in [5.41, 5.74) is 1.26. The molecular weight excluding hydrogens is 206 g/mol. The van der Waals surface area contributed by atoms with Crippen molar-refractivity contribution in [3.63, 3.8) is 0 Å². The Balaban J connectivity index is 2.50. The summed E-state index contributed by atoms with van der Waals surface area (Å²) in [4.78, 5) is 0. The van der Waals surface area contributed by atoms with E-state index in [1.807, 2.05) is 30.0 Å². The second-order valence-electron chi connectivity index (χ2n) is 3.42. The molecule has 15 heavy (non-hydrogen) atoms. The predicted octanol–water partition coefficient (Wildman–Crippen LogP) is 2.06. The van der Waals surface area contributed by atoms with Crippen molar-refractivity contribution in [2.24, 2.45) is 0 Å². The maximum Gasteiger partial charge on any atom is 0.0449 e. The van der Waals surface area contributed by atoms with Crippen molar-refractivity contribution in [1.82, 2.24) is 5.32 Å². The van der Waals surface area contributed by atoms with Gasteiger partial charge in [-0.1, -0.05) is 30.3 Å². The van der Waals surface area contributed by atoms with Crippen LogP contribution in [-0.4, -0.2) is 30.3 Å². The van der Waals surface area contributed by atoms with Gasteiger partial charge in [0.1, 0.15) is 0 Å². The molecule has 1 unspecified atom stereocenters. The highest BCUT2D eigenvalue weighted by atomic mass is 32.2. The van der Waals surface area contributed by atoms with E-state index in [9.17, 15) is 0 Å². The second kappa shape index (κ2) is 7.74. The molecule has 2 nitrogen and oxygen atoms in total. The lowest BCUT2D eigenvalue weighted by Crippen LogP contribution is -2.24. The van der Waals surface area contributed by atoms with Crippen LogP contribution in [0.25, 0.3) is 0 Å². The highest BCUT2D eigenvalue weighted by molar-refractivity contribution is 7.98. The van der Waals surface area contributed by atoms with E-state index in [-0.39, 0.29) is 12.6 Å². The standard InChI is InChI=1S/C12H19NOS/c1-15-10-8-13-12(7-9-14)11-5-3-2-4-6-11/h2-6,12-14H,7-10H2,1H3. The predicted molar refractivity (Wildman–Crippen MR) is 67.3 cm³/mol. The van der Waals surface area contributed by atoms with Crippen LogP contribution in [0.5, 0.6) is 0 Å².